The number of aromatic nitrogens is 2. The highest BCUT2D eigenvalue weighted by Crippen LogP contribution is 2.28. The molecule has 2 N–H and O–H groups in total. The monoisotopic (exact) mass is 369 g/mol. The summed E-state index contributed by atoms with van der Waals surface area (Å²) in [6.45, 7) is 1.87. The predicted molar refractivity (Wildman–Crippen MR) is 101 cm³/mol. The molecule has 0 aliphatic carbocycles. The molecule has 3 rings (SSSR count). The fraction of sp³-hybridized carbons (Fsp3) is 0.0556. The van der Waals surface area contributed by atoms with E-state index in [9.17, 15) is 0 Å². The second-order valence-corrected chi connectivity index (χ2v) is 6.13. The third-order valence-electron chi connectivity index (χ3n) is 3.32. The van der Waals surface area contributed by atoms with Gasteiger partial charge >= 0.3 is 0 Å². The lowest BCUT2D eigenvalue weighted by atomic mass is 10.2. The van der Waals surface area contributed by atoms with Gasteiger partial charge in [-0.25, -0.2) is 4.98 Å². The van der Waals surface area contributed by atoms with Crippen molar-refractivity contribution in [2.45, 2.75) is 6.92 Å². The zero-order chi connectivity index (χ0) is 17.8. The number of hydrogen-bond acceptors (Lipinski definition) is 5. The lowest BCUT2D eigenvalue weighted by molar-refractivity contribution is 1.11. The smallest absolute Gasteiger partial charge is 0.229 e. The highest BCUT2D eigenvalue weighted by Gasteiger charge is 2.07. The van der Waals surface area contributed by atoms with Crippen LogP contribution in [0, 0.1) is 18.3 Å². The molecule has 0 saturated heterocycles. The summed E-state index contributed by atoms with van der Waals surface area (Å²) in [6.07, 6.45) is 0. The SMILES string of the molecule is Cc1cc(Nc2ccc(C#N)cc2)nc(Nc2cc(Cl)ccc2Cl)n1. The van der Waals surface area contributed by atoms with Crippen molar-refractivity contribution in [1.29, 1.82) is 5.26 Å². The van der Waals surface area contributed by atoms with Crippen LogP contribution in [0.2, 0.25) is 10.0 Å². The Kier molecular flexibility index (Phi) is 5.03. The summed E-state index contributed by atoms with van der Waals surface area (Å²) < 4.78 is 0. The van der Waals surface area contributed by atoms with Crippen LogP contribution in [0.4, 0.5) is 23.1 Å². The van der Waals surface area contributed by atoms with E-state index in [0.717, 1.165) is 11.4 Å². The number of rotatable bonds is 4. The van der Waals surface area contributed by atoms with Gasteiger partial charge in [-0.15, -0.1) is 0 Å². The Labute approximate surface area is 155 Å². The van der Waals surface area contributed by atoms with E-state index >= 15 is 0 Å². The standard InChI is InChI=1S/C18H13Cl2N5/c1-11-8-17(23-14-5-2-12(10-21)3-6-14)25-18(22-11)24-16-9-13(19)4-7-15(16)20/h2-9H,1H3,(H2,22,23,24,25). The first-order valence-corrected chi connectivity index (χ1v) is 8.14. The molecule has 1 aromatic heterocycles. The average Bonchev–Trinajstić information content (AvgIpc) is 2.58. The van der Waals surface area contributed by atoms with Crippen molar-refractivity contribution < 1.29 is 0 Å². The molecule has 2 aromatic carbocycles. The van der Waals surface area contributed by atoms with Crippen LogP contribution in [0.3, 0.4) is 0 Å². The van der Waals surface area contributed by atoms with E-state index in [2.05, 4.69) is 26.7 Å². The normalized spacial score (nSPS) is 10.2. The number of nitrogens with one attached hydrogen (secondary N) is 2. The van der Waals surface area contributed by atoms with E-state index in [1.54, 1.807) is 30.3 Å². The highest BCUT2D eigenvalue weighted by atomic mass is 35.5. The van der Waals surface area contributed by atoms with E-state index in [4.69, 9.17) is 28.5 Å². The summed E-state index contributed by atoms with van der Waals surface area (Å²) in [5, 5.41) is 16.2. The Morgan fingerprint density at radius 3 is 2.44 bits per heavy atom. The first-order chi connectivity index (χ1) is 12.0. The molecule has 1 heterocycles. The van der Waals surface area contributed by atoms with Gasteiger partial charge in [0.15, 0.2) is 0 Å². The third kappa shape index (κ3) is 4.38. The van der Waals surface area contributed by atoms with E-state index in [1.165, 1.54) is 0 Å². The minimum atomic E-state index is 0.403. The van der Waals surface area contributed by atoms with E-state index < -0.39 is 0 Å². The third-order valence-corrected chi connectivity index (χ3v) is 3.88. The first-order valence-electron chi connectivity index (χ1n) is 7.38. The minimum absolute atomic E-state index is 0.403. The molecular formula is C18H13Cl2N5. The molecule has 0 fully saturated rings. The molecule has 0 radical (unpaired) electrons. The number of halogens is 2. The van der Waals surface area contributed by atoms with Crippen molar-refractivity contribution in [2.75, 3.05) is 10.6 Å². The van der Waals surface area contributed by atoms with E-state index in [-0.39, 0.29) is 0 Å². The summed E-state index contributed by atoms with van der Waals surface area (Å²) in [7, 11) is 0. The number of aryl methyl sites for hydroxylation is 1. The molecule has 124 valence electrons. The van der Waals surface area contributed by atoms with Crippen molar-refractivity contribution in [1.82, 2.24) is 9.97 Å². The van der Waals surface area contributed by atoms with Crippen molar-refractivity contribution in [3.05, 3.63) is 69.8 Å². The molecule has 0 bridgehead atoms. The second kappa shape index (κ2) is 7.39. The fourth-order valence-corrected chi connectivity index (χ4v) is 2.52. The van der Waals surface area contributed by atoms with Crippen LogP contribution in [-0.2, 0) is 0 Å². The molecule has 0 aliphatic rings. The summed E-state index contributed by atoms with van der Waals surface area (Å²) in [4.78, 5) is 8.80. The topological polar surface area (TPSA) is 73.6 Å². The van der Waals surface area contributed by atoms with Gasteiger partial charge in [0.05, 0.1) is 22.3 Å². The molecule has 25 heavy (non-hydrogen) atoms. The quantitative estimate of drug-likeness (QED) is 0.639. The van der Waals surface area contributed by atoms with Crippen molar-refractivity contribution in [2.24, 2.45) is 0 Å². The summed E-state index contributed by atoms with van der Waals surface area (Å²) in [6, 6.07) is 16.1. The summed E-state index contributed by atoms with van der Waals surface area (Å²) >= 11 is 12.2. The number of hydrogen-bond donors (Lipinski definition) is 2. The van der Waals surface area contributed by atoms with Crippen molar-refractivity contribution in [3.63, 3.8) is 0 Å². The Morgan fingerprint density at radius 2 is 1.72 bits per heavy atom. The molecule has 7 heteroatoms. The van der Waals surface area contributed by atoms with Crippen LogP contribution in [0.25, 0.3) is 0 Å². The average molecular weight is 370 g/mol. The van der Waals surface area contributed by atoms with Crippen molar-refractivity contribution in [3.8, 4) is 6.07 Å². The van der Waals surface area contributed by atoms with Gasteiger partial charge in [-0.2, -0.15) is 10.2 Å². The second-order valence-electron chi connectivity index (χ2n) is 5.28. The zero-order valence-corrected chi connectivity index (χ0v) is 14.7. The van der Waals surface area contributed by atoms with Crippen LogP contribution in [-0.4, -0.2) is 9.97 Å². The molecule has 0 aliphatic heterocycles. The van der Waals surface area contributed by atoms with E-state index in [1.807, 2.05) is 25.1 Å². The molecular weight excluding hydrogens is 357 g/mol. The number of nitriles is 1. The van der Waals surface area contributed by atoms with Gasteiger partial charge in [0.25, 0.3) is 0 Å². The van der Waals surface area contributed by atoms with Gasteiger partial charge in [-0.1, -0.05) is 23.2 Å². The Hall–Kier alpha value is -2.81. The Balaban J connectivity index is 1.84. The maximum absolute atomic E-state index is 8.85. The Bertz CT molecular complexity index is 949. The number of nitrogens with zero attached hydrogens (tertiary/aromatic N) is 3. The van der Waals surface area contributed by atoms with Gasteiger partial charge in [0, 0.05) is 22.5 Å². The van der Waals surface area contributed by atoms with E-state index in [0.29, 0.717) is 33.1 Å². The Morgan fingerprint density at radius 1 is 0.960 bits per heavy atom. The number of benzene rings is 2. The number of anilines is 4. The largest absolute Gasteiger partial charge is 0.340 e. The van der Waals surface area contributed by atoms with Gasteiger partial charge in [-0.05, 0) is 49.4 Å². The first kappa shape index (κ1) is 17.0. The highest BCUT2D eigenvalue weighted by molar-refractivity contribution is 6.35. The van der Waals surface area contributed by atoms with Gasteiger partial charge < -0.3 is 10.6 Å². The predicted octanol–water partition coefficient (Wildman–Crippen LogP) is 5.45. The van der Waals surface area contributed by atoms with Crippen LogP contribution in [0.1, 0.15) is 11.3 Å². The molecule has 0 unspecified atom stereocenters. The van der Waals surface area contributed by atoms with Crippen LogP contribution in [0.15, 0.2) is 48.5 Å². The summed E-state index contributed by atoms with van der Waals surface area (Å²) in [5.74, 6) is 1.03. The lowest BCUT2D eigenvalue weighted by Crippen LogP contribution is -2.02. The molecule has 5 nitrogen and oxygen atoms in total. The molecule has 0 atom stereocenters. The van der Waals surface area contributed by atoms with Crippen LogP contribution in [0.5, 0.6) is 0 Å². The zero-order valence-electron chi connectivity index (χ0n) is 13.2. The minimum Gasteiger partial charge on any atom is -0.340 e. The lowest BCUT2D eigenvalue weighted by Gasteiger charge is -2.11. The molecule has 0 saturated carbocycles. The molecule has 0 amide bonds. The van der Waals surface area contributed by atoms with Crippen LogP contribution >= 0.6 is 23.2 Å². The van der Waals surface area contributed by atoms with Gasteiger partial charge in [-0.3, -0.25) is 0 Å². The molecule has 0 spiro atoms. The van der Waals surface area contributed by atoms with Gasteiger partial charge in [0.2, 0.25) is 5.95 Å². The molecule has 3 aromatic rings. The fourth-order valence-electron chi connectivity index (χ4n) is 2.18. The maximum atomic E-state index is 8.85. The maximum Gasteiger partial charge on any atom is 0.229 e. The summed E-state index contributed by atoms with van der Waals surface area (Å²) in [5.41, 5.74) is 2.84. The van der Waals surface area contributed by atoms with Crippen LogP contribution < -0.4 is 10.6 Å². The van der Waals surface area contributed by atoms with Crippen molar-refractivity contribution >= 4 is 46.3 Å². The van der Waals surface area contributed by atoms with Gasteiger partial charge in [0.1, 0.15) is 5.82 Å².